The number of nitrogens with two attached hydrogens (primary N) is 1. The Labute approximate surface area is 86.1 Å². The van der Waals surface area contributed by atoms with Crippen molar-refractivity contribution >= 4 is 0 Å². The van der Waals surface area contributed by atoms with Crippen LogP contribution in [0.25, 0.3) is 11.4 Å². The molecule has 6 nitrogen and oxygen atoms in total. The van der Waals surface area contributed by atoms with E-state index in [-0.39, 0.29) is 12.6 Å². The van der Waals surface area contributed by atoms with Crippen molar-refractivity contribution in [3.05, 3.63) is 29.8 Å². The Balaban J connectivity index is 2.25. The fraction of sp³-hybridized carbons (Fsp3) is 0.222. The van der Waals surface area contributed by atoms with Crippen LogP contribution in [0.4, 0.5) is 0 Å². The zero-order valence-corrected chi connectivity index (χ0v) is 7.96. The molecule has 1 atom stereocenters. The number of nitrogens with one attached hydrogen (secondary N) is 1. The smallest absolute Gasteiger partial charge is 0.204 e. The molecule has 1 heterocycles. The van der Waals surface area contributed by atoms with Crippen molar-refractivity contribution in [2.45, 2.75) is 6.04 Å². The average molecular weight is 205 g/mol. The molecule has 4 N–H and O–H groups in total. The standard InChI is InChI=1S/C9H11N5O/c10-8(5-15)6-1-3-7(4-2-6)9-11-13-14-12-9/h1-4,8,15H,5,10H2,(H,11,12,13,14)/t8-/m0/s1. The number of aromatic amines is 1. The van der Waals surface area contributed by atoms with Crippen molar-refractivity contribution in [3.8, 4) is 11.4 Å². The van der Waals surface area contributed by atoms with Gasteiger partial charge in [0.1, 0.15) is 0 Å². The third kappa shape index (κ3) is 2.00. The van der Waals surface area contributed by atoms with Crippen LogP contribution in [-0.2, 0) is 0 Å². The van der Waals surface area contributed by atoms with Gasteiger partial charge in [0.15, 0.2) is 0 Å². The van der Waals surface area contributed by atoms with Crippen molar-refractivity contribution in [1.29, 1.82) is 0 Å². The summed E-state index contributed by atoms with van der Waals surface area (Å²) in [6.45, 7) is -0.0679. The number of tetrazole rings is 1. The number of benzene rings is 1. The highest BCUT2D eigenvalue weighted by Gasteiger charge is 2.06. The Bertz CT molecular complexity index is 411. The van der Waals surface area contributed by atoms with Crippen LogP contribution in [-0.4, -0.2) is 32.3 Å². The zero-order chi connectivity index (χ0) is 10.7. The number of rotatable bonds is 3. The van der Waals surface area contributed by atoms with Gasteiger partial charge >= 0.3 is 0 Å². The lowest BCUT2D eigenvalue weighted by atomic mass is 10.1. The van der Waals surface area contributed by atoms with Gasteiger partial charge in [0, 0.05) is 5.56 Å². The highest BCUT2D eigenvalue weighted by molar-refractivity contribution is 5.54. The number of hydrogen-bond donors (Lipinski definition) is 3. The van der Waals surface area contributed by atoms with E-state index in [2.05, 4.69) is 20.6 Å². The first-order valence-corrected chi connectivity index (χ1v) is 4.51. The molecule has 6 heteroatoms. The molecule has 0 aliphatic carbocycles. The molecule has 1 aromatic carbocycles. The van der Waals surface area contributed by atoms with Gasteiger partial charge in [0.25, 0.3) is 0 Å². The van der Waals surface area contributed by atoms with Crippen molar-refractivity contribution in [3.63, 3.8) is 0 Å². The number of hydrogen-bond acceptors (Lipinski definition) is 5. The molecule has 0 spiro atoms. The molecule has 1 aromatic heterocycles. The fourth-order valence-corrected chi connectivity index (χ4v) is 1.27. The summed E-state index contributed by atoms with van der Waals surface area (Å²) in [6, 6.07) is 7.02. The van der Waals surface area contributed by atoms with E-state index >= 15 is 0 Å². The van der Waals surface area contributed by atoms with Crippen molar-refractivity contribution < 1.29 is 5.11 Å². The normalized spacial score (nSPS) is 12.7. The van der Waals surface area contributed by atoms with E-state index in [0.717, 1.165) is 11.1 Å². The molecule has 0 fully saturated rings. The lowest BCUT2D eigenvalue weighted by Gasteiger charge is -2.07. The van der Waals surface area contributed by atoms with Gasteiger partial charge < -0.3 is 10.8 Å². The quantitative estimate of drug-likeness (QED) is 0.647. The van der Waals surface area contributed by atoms with Gasteiger partial charge in [-0.15, -0.1) is 10.2 Å². The molecule has 0 saturated carbocycles. The Kier molecular flexibility index (Phi) is 2.70. The summed E-state index contributed by atoms with van der Waals surface area (Å²) in [5.74, 6) is 0.541. The van der Waals surface area contributed by atoms with Gasteiger partial charge in [-0.3, -0.25) is 0 Å². The fourth-order valence-electron chi connectivity index (χ4n) is 1.27. The number of H-pyrrole nitrogens is 1. The molecule has 0 aliphatic heterocycles. The van der Waals surface area contributed by atoms with Crippen molar-refractivity contribution in [2.24, 2.45) is 5.73 Å². The first-order chi connectivity index (χ1) is 7.31. The maximum absolute atomic E-state index is 8.88. The summed E-state index contributed by atoms with van der Waals surface area (Å²) in [6.07, 6.45) is 0. The maximum Gasteiger partial charge on any atom is 0.204 e. The molecule has 0 aliphatic rings. The number of aliphatic hydroxyl groups excluding tert-OH is 1. The van der Waals surface area contributed by atoms with E-state index < -0.39 is 0 Å². The summed E-state index contributed by atoms with van der Waals surface area (Å²) in [5, 5.41) is 22.4. The van der Waals surface area contributed by atoms with Gasteiger partial charge in [-0.05, 0) is 10.8 Å². The second-order valence-electron chi connectivity index (χ2n) is 3.15. The summed E-state index contributed by atoms with van der Waals surface area (Å²) in [5.41, 5.74) is 7.40. The first-order valence-electron chi connectivity index (χ1n) is 4.51. The van der Waals surface area contributed by atoms with Crippen LogP contribution in [0.1, 0.15) is 11.6 Å². The lowest BCUT2D eigenvalue weighted by molar-refractivity contribution is 0.268. The van der Waals surface area contributed by atoms with Crippen LogP contribution >= 0.6 is 0 Å². The van der Waals surface area contributed by atoms with E-state index in [4.69, 9.17) is 10.8 Å². The molecule has 0 bridgehead atoms. The minimum atomic E-state index is -0.343. The molecule has 78 valence electrons. The van der Waals surface area contributed by atoms with Gasteiger partial charge in [-0.1, -0.05) is 24.3 Å². The van der Waals surface area contributed by atoms with E-state index in [1.54, 1.807) is 0 Å². The summed E-state index contributed by atoms with van der Waals surface area (Å²) in [7, 11) is 0. The van der Waals surface area contributed by atoms with Crippen LogP contribution in [0.3, 0.4) is 0 Å². The van der Waals surface area contributed by atoms with Gasteiger partial charge in [0.05, 0.1) is 12.6 Å². The Morgan fingerprint density at radius 1 is 1.33 bits per heavy atom. The SMILES string of the molecule is N[C@@H](CO)c1ccc(-c2nn[nH]n2)cc1. The van der Waals surface area contributed by atoms with E-state index in [1.807, 2.05) is 24.3 Å². The Morgan fingerprint density at radius 3 is 2.60 bits per heavy atom. The molecular formula is C9H11N5O. The van der Waals surface area contributed by atoms with Crippen molar-refractivity contribution in [1.82, 2.24) is 20.6 Å². The van der Waals surface area contributed by atoms with E-state index in [1.165, 1.54) is 0 Å². The predicted molar refractivity (Wildman–Crippen MR) is 53.6 cm³/mol. The molecule has 15 heavy (non-hydrogen) atoms. The summed E-state index contributed by atoms with van der Waals surface area (Å²) < 4.78 is 0. The van der Waals surface area contributed by atoms with Crippen LogP contribution in [0.15, 0.2) is 24.3 Å². The minimum Gasteiger partial charge on any atom is -0.394 e. The molecule has 0 saturated heterocycles. The van der Waals surface area contributed by atoms with E-state index in [0.29, 0.717) is 5.82 Å². The van der Waals surface area contributed by atoms with Crippen LogP contribution in [0.5, 0.6) is 0 Å². The minimum absolute atomic E-state index is 0.0679. The molecule has 0 unspecified atom stereocenters. The summed E-state index contributed by atoms with van der Waals surface area (Å²) >= 11 is 0. The number of aliphatic hydroxyl groups is 1. The molecule has 2 aromatic rings. The predicted octanol–water partition coefficient (Wildman–Crippen LogP) is -0.141. The highest BCUT2D eigenvalue weighted by Crippen LogP contribution is 2.16. The van der Waals surface area contributed by atoms with Gasteiger partial charge in [0.2, 0.25) is 5.82 Å². The zero-order valence-electron chi connectivity index (χ0n) is 7.96. The topological polar surface area (TPSA) is 101 Å². The largest absolute Gasteiger partial charge is 0.394 e. The van der Waals surface area contributed by atoms with Gasteiger partial charge in [-0.2, -0.15) is 5.21 Å². The second kappa shape index (κ2) is 4.16. The molecule has 0 amide bonds. The third-order valence-corrected chi connectivity index (χ3v) is 2.14. The van der Waals surface area contributed by atoms with Crippen molar-refractivity contribution in [2.75, 3.05) is 6.61 Å². The summed E-state index contributed by atoms with van der Waals surface area (Å²) in [4.78, 5) is 0. The average Bonchev–Trinajstić information content (AvgIpc) is 2.82. The van der Waals surface area contributed by atoms with Gasteiger partial charge in [-0.25, -0.2) is 0 Å². The lowest BCUT2D eigenvalue weighted by Crippen LogP contribution is -2.14. The second-order valence-corrected chi connectivity index (χ2v) is 3.15. The molecule has 0 radical (unpaired) electrons. The van der Waals surface area contributed by atoms with Crippen LogP contribution in [0, 0.1) is 0 Å². The Morgan fingerprint density at radius 2 is 2.07 bits per heavy atom. The van der Waals surface area contributed by atoms with Crippen LogP contribution in [0.2, 0.25) is 0 Å². The highest BCUT2D eigenvalue weighted by atomic mass is 16.3. The number of nitrogens with zero attached hydrogens (tertiary/aromatic N) is 3. The molecular weight excluding hydrogens is 194 g/mol. The van der Waals surface area contributed by atoms with Crippen LogP contribution < -0.4 is 5.73 Å². The van der Waals surface area contributed by atoms with E-state index in [9.17, 15) is 0 Å². The number of aromatic nitrogens is 4. The third-order valence-electron chi connectivity index (χ3n) is 2.14. The first kappa shape index (κ1) is 9.75. The Hall–Kier alpha value is -1.79. The monoisotopic (exact) mass is 205 g/mol. The molecule has 2 rings (SSSR count). The maximum atomic E-state index is 8.88.